The number of aliphatic hydroxyl groups is 2. The summed E-state index contributed by atoms with van der Waals surface area (Å²) in [7, 11) is -17.8. The fraction of sp³-hybridized carbons (Fsp3) is 0.514. The smallest absolute Gasteiger partial charge is 0.462 e. The predicted octanol–water partition coefficient (Wildman–Crippen LogP) is 5.88. The van der Waals surface area contributed by atoms with Crippen molar-refractivity contribution in [1.29, 1.82) is 0 Å². The third-order valence-corrected chi connectivity index (χ3v) is 23.1. The number of hydrogen-bond donors (Lipinski definition) is 9. The largest absolute Gasteiger partial charge is 0.489 e. The molecule has 662 valence electrons. The van der Waals surface area contributed by atoms with E-state index in [1.807, 2.05) is 20.0 Å². The van der Waals surface area contributed by atoms with E-state index < -0.39 is 229 Å². The van der Waals surface area contributed by atoms with Gasteiger partial charge >= 0.3 is 70.1 Å². The molecule has 9 rings (SSSR count). The van der Waals surface area contributed by atoms with E-state index in [1.165, 1.54) is 83.1 Å². The number of esters is 4. The number of hydrogen-bond acceptors (Lipinski definition) is 31. The normalized spacial score (nSPS) is 25.4. The number of benzene rings is 3. The summed E-state index contributed by atoms with van der Waals surface area (Å²) in [5.41, 5.74) is -13.0. The Balaban J connectivity index is 0.000000252. The number of halogens is 3. The second-order valence-electron chi connectivity index (χ2n) is 28.8. The van der Waals surface area contributed by atoms with Gasteiger partial charge in [0.1, 0.15) is 72.0 Å². The van der Waals surface area contributed by atoms with Crippen LogP contribution in [0.3, 0.4) is 0 Å². The van der Waals surface area contributed by atoms with Gasteiger partial charge in [-0.05, 0) is 133 Å². The lowest BCUT2D eigenvalue weighted by Crippen LogP contribution is -2.46. The van der Waals surface area contributed by atoms with Gasteiger partial charge in [-0.2, -0.15) is 10.2 Å². The molecule has 3 saturated heterocycles. The molecule has 6 aromatic rings. The fourth-order valence-corrected chi connectivity index (χ4v) is 17.7. The summed E-state index contributed by atoms with van der Waals surface area (Å²) in [5.74, 6) is -4.92. The number of amides is 1. The lowest BCUT2D eigenvalue weighted by molar-refractivity contribution is -0.157. The van der Waals surface area contributed by atoms with Crippen molar-refractivity contribution in [3.63, 3.8) is 0 Å². The minimum atomic E-state index is -4.89. The second-order valence-corrected chi connectivity index (χ2v) is 36.0. The highest BCUT2D eigenvalue weighted by atomic mass is 31.2. The molecule has 0 radical (unpaired) electrons. The number of rotatable bonds is 34. The molecule has 3 aromatic carbocycles. The van der Waals surface area contributed by atoms with Crippen LogP contribution in [0.25, 0.3) is 0 Å². The van der Waals surface area contributed by atoms with E-state index in [1.54, 1.807) is 84.0 Å². The monoisotopic (exact) mass is 1780 g/mol. The SMILES string of the molecule is CC(C)OC(=O)C(=O)NP(=O)(Oc1ccccc1)O[C@@H]1[C@@H](CO)O[C@@H](n2ccc(=O)[nH]c2=O)[C@]1(C)F.CC(C)OC(=O)[C@H](C)NP(=O)(OC[C@H]1O[C@@H](n2ccc(=O)[nH]c2=O)[C@](C)(F)[C@@H]1O)Oc1ccccc1.CC(C)OC(=O)[C@H](C)NP(C)(=O)O[C@@H]1[C@@H](COP(=O)(N[C@@H](C)C(=O)OC(C)C)Oc2ccccc2)O[C@@H](n2ccc(=O)[nH]c2=O)[C@]1(C)F. The van der Waals surface area contributed by atoms with Gasteiger partial charge in [0.2, 0.25) is 0 Å². The van der Waals surface area contributed by atoms with Crippen LogP contribution in [-0.2, 0) is 93.5 Å². The number of para-hydroxylation sites is 3. The fourth-order valence-electron chi connectivity index (χ4n) is 11.5. The molecule has 0 spiro atoms. The van der Waals surface area contributed by atoms with Crippen LogP contribution >= 0.6 is 30.8 Å². The van der Waals surface area contributed by atoms with Crippen LogP contribution < -0.4 is 67.7 Å². The molecule has 9 N–H and O–H groups in total. The van der Waals surface area contributed by atoms with Crippen molar-refractivity contribution in [1.82, 2.24) is 49.0 Å². The molecule has 1 amide bonds. The molecule has 3 aliphatic rings. The number of nitrogens with one attached hydrogen (secondary N) is 7. The average Bonchev–Trinajstić information content (AvgIpc) is 1.62. The summed E-state index contributed by atoms with van der Waals surface area (Å²) in [5, 5.41) is 29.6. The molecule has 4 unspecified atom stereocenters. The summed E-state index contributed by atoms with van der Waals surface area (Å²) in [6.07, 6.45) is -14.1. The number of nitrogens with zero attached hydrogens (tertiary/aromatic N) is 3. The van der Waals surface area contributed by atoms with Gasteiger partial charge in [0.05, 0.1) is 44.2 Å². The molecule has 3 aliphatic heterocycles. The Labute approximate surface area is 683 Å². The number of alkyl halides is 3. The average molecular weight is 1780 g/mol. The number of aromatic amines is 3. The van der Waals surface area contributed by atoms with Gasteiger partial charge in [0.15, 0.2) is 35.7 Å². The number of aromatic nitrogens is 6. The summed E-state index contributed by atoms with van der Waals surface area (Å²) in [6.45, 7) is 18.8. The van der Waals surface area contributed by atoms with Crippen LogP contribution in [-0.4, -0.2) is 191 Å². The third kappa shape index (κ3) is 26.8. The van der Waals surface area contributed by atoms with Gasteiger partial charge < -0.3 is 61.5 Å². The standard InChI is InChI=1S/C29H43FN4O12P2.C22H29FN3O9P.C21H25FN3O10P/c1-17(2)42-25(36)19(5)32-47(8,39)46-24-22(44-27(29(24,7)30)34-15-14-23(35)31-28(34)38)16-41-48(40,45-21-12-10-9-11-13-21)33-20(6)26(37)43-18(3)4;1-13(2)33-19(29)14(3)25-36(31,35-15-8-6-5-7-9-15)32-12-16-18(28)22(4,23)20(34-16)26-11-10-17(27)24-21(26)30;1-12(2)32-18(29)17(28)24-36(31,34-13-7-5-4-6-8-13)35-16-14(11-26)33-19(21(16,3)22)25-10-9-15(27)23-20(25)30/h9-15,17-20,22,24,27H,16H2,1-8H3,(H,32,39)(H,33,40)(H,31,35,38);5-11,13-14,16,18,20,28H,12H2,1-4H3,(H,25,31)(H,24,27,30);4-10,12,14,16,19,26H,11H2,1-3H3,(H,23,27,30)(H,24,28,31)/t19-,20-,22+,24+,27+,29+,47?,48?;14-,16+,18+,20+,22+,36?;14-,16-,19-,21-,36?/m001/s1. The van der Waals surface area contributed by atoms with E-state index in [0.29, 0.717) is 0 Å². The van der Waals surface area contributed by atoms with Gasteiger partial charge in [-0.1, -0.05) is 54.6 Å². The first-order valence-electron chi connectivity index (χ1n) is 36.9. The van der Waals surface area contributed by atoms with Gasteiger partial charge in [0.25, 0.3) is 24.2 Å². The Kier molecular flexibility index (Phi) is 33.8. The molecular weight excluding hydrogens is 1680 g/mol. The number of carbonyl (C=O) groups excluding carboxylic acids is 5. The third-order valence-electron chi connectivity index (χ3n) is 16.9. The van der Waals surface area contributed by atoms with Crippen molar-refractivity contribution in [3.8, 4) is 17.2 Å². The molecule has 6 heterocycles. The summed E-state index contributed by atoms with van der Waals surface area (Å²) in [4.78, 5) is 139. The zero-order chi connectivity index (χ0) is 89.4. The Morgan fingerprint density at radius 3 is 1.12 bits per heavy atom. The van der Waals surface area contributed by atoms with E-state index in [4.69, 9.17) is 64.8 Å². The van der Waals surface area contributed by atoms with Crippen molar-refractivity contribution in [3.05, 3.63) is 190 Å². The highest BCUT2D eigenvalue weighted by Gasteiger charge is 2.62. The lowest BCUT2D eigenvalue weighted by atomic mass is 9.98. The van der Waals surface area contributed by atoms with E-state index >= 15 is 13.2 Å². The molecule has 48 heteroatoms. The van der Waals surface area contributed by atoms with Crippen molar-refractivity contribution in [2.24, 2.45) is 0 Å². The highest BCUT2D eigenvalue weighted by molar-refractivity contribution is 7.56. The number of aliphatic hydroxyl groups excluding tert-OH is 2. The first kappa shape index (κ1) is 97.8. The molecule has 0 bridgehead atoms. The van der Waals surface area contributed by atoms with Crippen LogP contribution in [0, 0.1) is 0 Å². The van der Waals surface area contributed by atoms with Crippen LogP contribution in [0.15, 0.2) is 157 Å². The molecule has 120 heavy (non-hydrogen) atoms. The first-order valence-corrected chi connectivity index (χ1v) is 43.6. The maximum atomic E-state index is 16.8. The quantitative estimate of drug-likeness (QED) is 0.00984. The maximum absolute atomic E-state index is 16.8. The molecule has 0 aliphatic carbocycles. The number of carbonyl (C=O) groups is 5. The van der Waals surface area contributed by atoms with Crippen molar-refractivity contribution < 1.29 is 130 Å². The van der Waals surface area contributed by atoms with E-state index in [2.05, 4.69) is 15.3 Å². The molecule has 3 fully saturated rings. The van der Waals surface area contributed by atoms with Gasteiger partial charge in [-0.3, -0.25) is 80.4 Å². The van der Waals surface area contributed by atoms with Gasteiger partial charge in [0, 0.05) is 43.5 Å². The van der Waals surface area contributed by atoms with E-state index in [-0.39, 0.29) is 17.2 Å². The van der Waals surface area contributed by atoms with Crippen molar-refractivity contribution in [2.75, 3.05) is 26.5 Å². The van der Waals surface area contributed by atoms with Crippen LogP contribution in [0.2, 0.25) is 0 Å². The summed E-state index contributed by atoms with van der Waals surface area (Å²) >= 11 is 0. The summed E-state index contributed by atoms with van der Waals surface area (Å²) in [6, 6.07) is 22.7. The van der Waals surface area contributed by atoms with E-state index in [0.717, 1.165) is 77.9 Å². The maximum Gasteiger partial charge on any atom is 0.489 e. The Morgan fingerprint density at radius 2 is 0.775 bits per heavy atom. The highest BCUT2D eigenvalue weighted by Crippen LogP contribution is 2.55. The predicted molar refractivity (Wildman–Crippen MR) is 417 cm³/mol. The van der Waals surface area contributed by atoms with Crippen molar-refractivity contribution >= 4 is 60.5 Å². The minimum absolute atomic E-state index is 0.0632. The van der Waals surface area contributed by atoms with Gasteiger partial charge in [-0.15, -0.1) is 0 Å². The number of ether oxygens (including phenoxy) is 7. The topological polar surface area (TPSA) is 536 Å². The number of H-pyrrole nitrogens is 3. The first-order chi connectivity index (χ1) is 55.9. The molecule has 41 nitrogen and oxygen atoms in total. The van der Waals surface area contributed by atoms with Crippen molar-refractivity contribution in [2.45, 2.75) is 212 Å². The molecule has 0 saturated carbocycles. The Hall–Kier alpha value is -9.32. The zero-order valence-electron chi connectivity index (χ0n) is 67.5. The Bertz CT molecular complexity index is 5100. The van der Waals surface area contributed by atoms with Crippen LogP contribution in [0.4, 0.5) is 13.2 Å². The van der Waals surface area contributed by atoms with Crippen LogP contribution in [0.5, 0.6) is 17.2 Å². The lowest BCUT2D eigenvalue weighted by Gasteiger charge is -2.31. The van der Waals surface area contributed by atoms with Crippen LogP contribution in [0.1, 0.15) is 116 Å². The van der Waals surface area contributed by atoms with Gasteiger partial charge in [-0.25, -0.2) is 56.2 Å². The molecular formula is C72H97F3N10O31P4. The zero-order valence-corrected chi connectivity index (χ0v) is 71.1. The Morgan fingerprint density at radius 1 is 0.458 bits per heavy atom. The minimum Gasteiger partial charge on any atom is -0.462 e. The molecule has 3 aromatic heterocycles. The summed E-state index contributed by atoms with van der Waals surface area (Å²) < 4.78 is 181. The molecule has 19 atom stereocenters. The van der Waals surface area contributed by atoms with E-state index in [9.17, 15) is 81.2 Å². The second kappa shape index (κ2) is 41.5.